The first kappa shape index (κ1) is 18.3. The van der Waals surface area contributed by atoms with Gasteiger partial charge in [0.1, 0.15) is 11.4 Å². The number of nitrogens with one attached hydrogen (secondary N) is 1. The quantitative estimate of drug-likeness (QED) is 0.806. The molecule has 0 aliphatic carbocycles. The molecule has 0 saturated carbocycles. The fraction of sp³-hybridized carbons (Fsp3) is 0.409. The van der Waals surface area contributed by atoms with Gasteiger partial charge in [-0.1, -0.05) is 45.0 Å². The highest BCUT2D eigenvalue weighted by molar-refractivity contribution is 6.02. The average Bonchev–Trinajstić information content (AvgIpc) is 2.64. The number of benzene rings is 2. The van der Waals surface area contributed by atoms with Crippen LogP contribution in [-0.4, -0.2) is 24.0 Å². The minimum atomic E-state index is -0.612. The van der Waals surface area contributed by atoms with E-state index in [0.29, 0.717) is 19.1 Å². The largest absolute Gasteiger partial charge is 0.493 e. The Bertz CT molecular complexity index is 787. The molecule has 4 nitrogen and oxygen atoms in total. The lowest BCUT2D eigenvalue weighted by atomic mass is 9.93. The van der Waals surface area contributed by atoms with Crippen LogP contribution >= 0.6 is 0 Å². The van der Waals surface area contributed by atoms with E-state index in [1.165, 1.54) is 0 Å². The van der Waals surface area contributed by atoms with Crippen LogP contribution in [0, 0.1) is 5.92 Å². The zero-order valence-electron chi connectivity index (χ0n) is 16.1. The minimum absolute atomic E-state index is 0.0669. The number of anilines is 1. The number of hydrogen-bond acceptors (Lipinski definition) is 3. The monoisotopic (exact) mass is 352 g/mol. The Kier molecular flexibility index (Phi) is 5.21. The number of amides is 1. The first-order valence-corrected chi connectivity index (χ1v) is 9.38. The molecule has 1 atom stereocenters. The van der Waals surface area contributed by atoms with Crippen molar-refractivity contribution in [1.29, 1.82) is 0 Å². The Morgan fingerprint density at radius 2 is 1.92 bits per heavy atom. The van der Waals surface area contributed by atoms with Crippen molar-refractivity contribution in [2.75, 3.05) is 18.5 Å². The van der Waals surface area contributed by atoms with Crippen molar-refractivity contribution >= 4 is 11.6 Å². The van der Waals surface area contributed by atoms with Crippen LogP contribution < -0.4 is 10.1 Å². The predicted octanol–water partition coefficient (Wildman–Crippen LogP) is 4.87. The molecule has 0 aromatic heterocycles. The van der Waals surface area contributed by atoms with Crippen molar-refractivity contribution in [1.82, 2.24) is 4.90 Å². The van der Waals surface area contributed by atoms with Gasteiger partial charge >= 0.3 is 0 Å². The molecule has 4 heteroatoms. The van der Waals surface area contributed by atoms with E-state index in [2.05, 4.69) is 39.1 Å². The van der Waals surface area contributed by atoms with Gasteiger partial charge in [-0.3, -0.25) is 4.79 Å². The van der Waals surface area contributed by atoms with Gasteiger partial charge in [0.15, 0.2) is 0 Å². The lowest BCUT2D eigenvalue weighted by Crippen LogP contribution is -2.56. The predicted molar refractivity (Wildman–Crippen MR) is 106 cm³/mol. The van der Waals surface area contributed by atoms with Gasteiger partial charge in [-0.15, -0.1) is 0 Å². The third kappa shape index (κ3) is 3.41. The van der Waals surface area contributed by atoms with Gasteiger partial charge in [0.2, 0.25) is 0 Å². The van der Waals surface area contributed by atoms with E-state index in [1.54, 1.807) is 0 Å². The molecule has 0 radical (unpaired) electrons. The number of fused-ring (bicyclic) bond motifs is 1. The van der Waals surface area contributed by atoms with Gasteiger partial charge in [0.05, 0.1) is 12.2 Å². The summed E-state index contributed by atoms with van der Waals surface area (Å²) in [5.41, 5.74) is 2.01. The summed E-state index contributed by atoms with van der Waals surface area (Å²) in [5.74, 6) is 1.37. The summed E-state index contributed by atoms with van der Waals surface area (Å²) in [6, 6.07) is 15.8. The van der Waals surface area contributed by atoms with Crippen LogP contribution in [-0.2, 0) is 5.66 Å². The number of ether oxygens (including phenoxy) is 1. The summed E-state index contributed by atoms with van der Waals surface area (Å²) in [6.07, 6.45) is 0.898. The Balaban J connectivity index is 2.01. The second-order valence-electron chi connectivity index (χ2n) is 7.43. The smallest absolute Gasteiger partial charge is 0.258 e. The van der Waals surface area contributed by atoms with Crippen LogP contribution in [0.2, 0.25) is 0 Å². The first-order valence-electron chi connectivity index (χ1n) is 9.38. The maximum atomic E-state index is 13.2. The van der Waals surface area contributed by atoms with Gasteiger partial charge in [0, 0.05) is 17.8 Å². The van der Waals surface area contributed by atoms with Gasteiger partial charge in [0.25, 0.3) is 5.91 Å². The summed E-state index contributed by atoms with van der Waals surface area (Å²) >= 11 is 0. The van der Waals surface area contributed by atoms with Crippen LogP contribution in [0.4, 0.5) is 5.69 Å². The van der Waals surface area contributed by atoms with E-state index in [-0.39, 0.29) is 5.91 Å². The molecule has 1 heterocycles. The zero-order valence-corrected chi connectivity index (χ0v) is 16.1. The maximum Gasteiger partial charge on any atom is 0.258 e. The molecular formula is C22H28N2O2. The standard InChI is InChI=1S/C22H28N2O2/c1-5-13-24-21(25)19-11-6-7-12-20(19)23-22(24,4)17-9-8-10-18(14-17)26-15-16(2)3/h6-12,14,16,23H,5,13,15H2,1-4H3. The summed E-state index contributed by atoms with van der Waals surface area (Å²) in [4.78, 5) is 15.1. The van der Waals surface area contributed by atoms with Crippen molar-refractivity contribution < 1.29 is 9.53 Å². The third-order valence-corrected chi connectivity index (χ3v) is 4.75. The Morgan fingerprint density at radius 1 is 1.15 bits per heavy atom. The summed E-state index contributed by atoms with van der Waals surface area (Å²) in [7, 11) is 0. The molecule has 1 aliphatic heterocycles. The zero-order chi connectivity index (χ0) is 18.7. The van der Waals surface area contributed by atoms with Gasteiger partial charge < -0.3 is 15.0 Å². The fourth-order valence-corrected chi connectivity index (χ4v) is 3.39. The molecule has 0 fully saturated rings. The molecule has 2 aromatic rings. The van der Waals surface area contributed by atoms with E-state index >= 15 is 0 Å². The lowest BCUT2D eigenvalue weighted by Gasteiger charge is -2.46. The van der Waals surface area contributed by atoms with E-state index in [0.717, 1.165) is 29.0 Å². The maximum absolute atomic E-state index is 13.2. The molecular weight excluding hydrogens is 324 g/mol. The average molecular weight is 352 g/mol. The highest BCUT2D eigenvalue weighted by Crippen LogP contribution is 2.38. The highest BCUT2D eigenvalue weighted by atomic mass is 16.5. The molecule has 1 amide bonds. The van der Waals surface area contributed by atoms with Crippen LogP contribution in [0.15, 0.2) is 48.5 Å². The number of rotatable bonds is 6. The van der Waals surface area contributed by atoms with Crippen LogP contribution in [0.1, 0.15) is 50.0 Å². The second kappa shape index (κ2) is 7.40. The van der Waals surface area contributed by atoms with Gasteiger partial charge in [-0.2, -0.15) is 0 Å². The molecule has 1 aliphatic rings. The van der Waals surface area contributed by atoms with Crippen molar-refractivity contribution in [3.63, 3.8) is 0 Å². The molecule has 138 valence electrons. The molecule has 1 N–H and O–H groups in total. The van der Waals surface area contributed by atoms with Crippen molar-refractivity contribution in [3.8, 4) is 5.75 Å². The Hall–Kier alpha value is -2.49. The van der Waals surface area contributed by atoms with Crippen molar-refractivity contribution in [2.45, 2.75) is 39.8 Å². The summed E-state index contributed by atoms with van der Waals surface area (Å²) in [6.45, 7) is 9.79. The van der Waals surface area contributed by atoms with Gasteiger partial charge in [-0.05, 0) is 43.5 Å². The molecule has 26 heavy (non-hydrogen) atoms. The minimum Gasteiger partial charge on any atom is -0.493 e. The number of para-hydroxylation sites is 1. The second-order valence-corrected chi connectivity index (χ2v) is 7.43. The van der Waals surface area contributed by atoms with E-state index in [9.17, 15) is 4.79 Å². The van der Waals surface area contributed by atoms with E-state index in [1.807, 2.05) is 47.4 Å². The van der Waals surface area contributed by atoms with E-state index < -0.39 is 5.66 Å². The normalized spacial score (nSPS) is 19.3. The molecule has 0 bridgehead atoms. The van der Waals surface area contributed by atoms with Crippen LogP contribution in [0.3, 0.4) is 0 Å². The Morgan fingerprint density at radius 3 is 2.65 bits per heavy atom. The van der Waals surface area contributed by atoms with Crippen LogP contribution in [0.25, 0.3) is 0 Å². The van der Waals surface area contributed by atoms with E-state index in [4.69, 9.17) is 4.74 Å². The molecule has 1 unspecified atom stereocenters. The number of carbonyl (C=O) groups excluding carboxylic acids is 1. The Labute approximate surface area is 156 Å². The van der Waals surface area contributed by atoms with Crippen molar-refractivity contribution in [2.24, 2.45) is 5.92 Å². The number of carbonyl (C=O) groups is 1. The van der Waals surface area contributed by atoms with Crippen LogP contribution in [0.5, 0.6) is 5.75 Å². The highest BCUT2D eigenvalue weighted by Gasteiger charge is 2.42. The first-order chi connectivity index (χ1) is 12.5. The molecule has 0 saturated heterocycles. The SMILES string of the molecule is CCCN1C(=O)c2ccccc2NC1(C)c1cccc(OCC(C)C)c1. The topological polar surface area (TPSA) is 41.6 Å². The number of nitrogens with zero attached hydrogens (tertiary/aromatic N) is 1. The lowest BCUT2D eigenvalue weighted by molar-refractivity contribution is 0.0534. The summed E-state index contributed by atoms with van der Waals surface area (Å²) < 4.78 is 5.90. The molecule has 0 spiro atoms. The summed E-state index contributed by atoms with van der Waals surface area (Å²) in [5, 5.41) is 3.60. The fourth-order valence-electron chi connectivity index (χ4n) is 3.39. The number of hydrogen-bond donors (Lipinski definition) is 1. The van der Waals surface area contributed by atoms with Gasteiger partial charge in [-0.25, -0.2) is 0 Å². The molecule has 2 aromatic carbocycles. The van der Waals surface area contributed by atoms with Crippen molar-refractivity contribution in [3.05, 3.63) is 59.7 Å². The molecule has 3 rings (SSSR count). The third-order valence-electron chi connectivity index (χ3n) is 4.75.